The van der Waals surface area contributed by atoms with Gasteiger partial charge in [0.2, 0.25) is 0 Å². The van der Waals surface area contributed by atoms with E-state index in [1.54, 1.807) is 6.07 Å². The molecule has 2 aromatic carbocycles. The van der Waals surface area contributed by atoms with Crippen LogP contribution in [0.25, 0.3) is 0 Å². The molecule has 9 nitrogen and oxygen atoms in total. The molecule has 0 aliphatic heterocycles. The Morgan fingerprint density at radius 1 is 1.10 bits per heavy atom. The van der Waals surface area contributed by atoms with Crippen molar-refractivity contribution in [3.8, 4) is 11.5 Å². The number of nitrogens with one attached hydrogen (secondary N) is 1. The maximum atomic E-state index is 12.3. The maximum Gasteiger partial charge on any atom is 0.338 e. The van der Waals surface area contributed by atoms with Crippen molar-refractivity contribution >= 4 is 34.9 Å². The summed E-state index contributed by atoms with van der Waals surface area (Å²) in [5.74, 6) is -0.424. The van der Waals surface area contributed by atoms with Gasteiger partial charge in [0.1, 0.15) is 0 Å². The van der Waals surface area contributed by atoms with Crippen molar-refractivity contribution in [3.63, 3.8) is 0 Å². The van der Waals surface area contributed by atoms with Gasteiger partial charge in [-0.25, -0.2) is 4.79 Å². The van der Waals surface area contributed by atoms with Crippen LogP contribution >= 0.6 is 11.6 Å². The van der Waals surface area contributed by atoms with Crippen LogP contribution in [-0.2, 0) is 9.53 Å². The van der Waals surface area contributed by atoms with Gasteiger partial charge < -0.3 is 19.5 Å². The van der Waals surface area contributed by atoms with E-state index in [0.717, 1.165) is 18.9 Å². The van der Waals surface area contributed by atoms with Crippen molar-refractivity contribution in [3.05, 3.63) is 57.1 Å². The molecule has 0 unspecified atom stereocenters. The van der Waals surface area contributed by atoms with Crippen LogP contribution in [0.1, 0.15) is 37.0 Å². The lowest BCUT2D eigenvalue weighted by Gasteiger charge is -2.13. The topological polar surface area (TPSA) is 117 Å². The van der Waals surface area contributed by atoms with E-state index in [-0.39, 0.29) is 22.0 Å². The molecule has 166 valence electrons. The van der Waals surface area contributed by atoms with Crippen LogP contribution in [0.5, 0.6) is 11.5 Å². The SMILES string of the molecule is CCCCOc1ccc(C(=O)OCC(=O)Nc2ccc([N+](=O)[O-])cc2Cl)cc1OCC. The molecule has 1 amide bonds. The van der Waals surface area contributed by atoms with Crippen molar-refractivity contribution in [1.82, 2.24) is 0 Å². The molecule has 0 saturated carbocycles. The van der Waals surface area contributed by atoms with Gasteiger partial charge in [0.05, 0.1) is 34.4 Å². The minimum absolute atomic E-state index is 0.00565. The Morgan fingerprint density at radius 2 is 1.87 bits per heavy atom. The average molecular weight is 451 g/mol. The molecule has 0 spiro atoms. The number of benzene rings is 2. The first-order chi connectivity index (χ1) is 14.8. The Balaban J connectivity index is 1.97. The molecule has 0 aliphatic rings. The zero-order valence-corrected chi connectivity index (χ0v) is 17.9. The summed E-state index contributed by atoms with van der Waals surface area (Å²) in [7, 11) is 0. The van der Waals surface area contributed by atoms with Gasteiger partial charge in [-0.3, -0.25) is 14.9 Å². The zero-order chi connectivity index (χ0) is 22.8. The third-order valence-electron chi connectivity index (χ3n) is 4.01. The standard InChI is InChI=1S/C21H23ClN2O7/c1-3-5-10-30-18-9-6-14(11-19(18)29-4-2)21(26)31-13-20(25)23-17-8-7-15(24(27)28)12-16(17)22/h6-9,11-12H,3-5,10,13H2,1-2H3,(H,23,25). The Hall–Kier alpha value is -3.33. The first kappa shape index (κ1) is 23.9. The van der Waals surface area contributed by atoms with Crippen molar-refractivity contribution < 1.29 is 28.7 Å². The molecule has 1 N–H and O–H groups in total. The fraction of sp³-hybridized carbons (Fsp3) is 0.333. The smallest absolute Gasteiger partial charge is 0.338 e. The number of nitro groups is 1. The number of rotatable bonds is 11. The van der Waals surface area contributed by atoms with E-state index in [2.05, 4.69) is 12.2 Å². The molecule has 2 aromatic rings. The Labute approximate surface area is 184 Å². The van der Waals surface area contributed by atoms with Crippen LogP contribution in [-0.4, -0.2) is 36.6 Å². The van der Waals surface area contributed by atoms with E-state index in [1.165, 1.54) is 24.3 Å². The molecule has 2 rings (SSSR count). The molecule has 0 aliphatic carbocycles. The molecule has 0 saturated heterocycles. The summed E-state index contributed by atoms with van der Waals surface area (Å²) in [5, 5.41) is 13.2. The number of nitro benzene ring substituents is 1. The summed E-state index contributed by atoms with van der Waals surface area (Å²) in [5.41, 5.74) is 0.162. The lowest BCUT2D eigenvalue weighted by molar-refractivity contribution is -0.384. The fourth-order valence-corrected chi connectivity index (χ4v) is 2.69. The van der Waals surface area contributed by atoms with E-state index < -0.39 is 23.4 Å². The quantitative estimate of drug-likeness (QED) is 0.229. The number of unbranched alkanes of at least 4 members (excludes halogenated alkanes) is 1. The third kappa shape index (κ3) is 7.14. The van der Waals surface area contributed by atoms with Gasteiger partial charge in [0.25, 0.3) is 11.6 Å². The van der Waals surface area contributed by atoms with E-state index in [0.29, 0.717) is 24.7 Å². The van der Waals surface area contributed by atoms with E-state index in [1.807, 2.05) is 6.92 Å². The first-order valence-electron chi connectivity index (χ1n) is 9.66. The second kappa shape index (κ2) is 11.8. The van der Waals surface area contributed by atoms with E-state index in [4.69, 9.17) is 25.8 Å². The van der Waals surface area contributed by atoms with Gasteiger partial charge in [-0.05, 0) is 37.6 Å². The molecule has 0 heterocycles. The number of amides is 1. The number of carbonyl (C=O) groups is 2. The summed E-state index contributed by atoms with van der Waals surface area (Å²) >= 11 is 5.93. The monoisotopic (exact) mass is 450 g/mol. The number of carbonyl (C=O) groups excluding carboxylic acids is 2. The lowest BCUT2D eigenvalue weighted by atomic mass is 10.2. The van der Waals surface area contributed by atoms with Gasteiger partial charge in [-0.15, -0.1) is 0 Å². The molecule has 0 fully saturated rings. The van der Waals surface area contributed by atoms with Crippen LogP contribution in [0.3, 0.4) is 0 Å². The predicted octanol–water partition coefficient (Wildman–Crippen LogP) is 4.62. The third-order valence-corrected chi connectivity index (χ3v) is 4.32. The number of anilines is 1. The van der Waals surface area contributed by atoms with Gasteiger partial charge >= 0.3 is 5.97 Å². The van der Waals surface area contributed by atoms with Gasteiger partial charge in [-0.1, -0.05) is 24.9 Å². The summed E-state index contributed by atoms with van der Waals surface area (Å²) in [6, 6.07) is 8.25. The van der Waals surface area contributed by atoms with Gasteiger partial charge in [0.15, 0.2) is 18.1 Å². The molecule has 31 heavy (non-hydrogen) atoms. The number of hydrogen-bond acceptors (Lipinski definition) is 7. The Bertz CT molecular complexity index is 949. The zero-order valence-electron chi connectivity index (χ0n) is 17.2. The second-order valence-corrected chi connectivity index (χ2v) is 6.75. The number of non-ortho nitro benzene ring substituents is 1. The molecule has 0 atom stereocenters. The summed E-state index contributed by atoms with van der Waals surface area (Å²) in [4.78, 5) is 34.5. The highest BCUT2D eigenvalue weighted by Crippen LogP contribution is 2.29. The van der Waals surface area contributed by atoms with Crippen molar-refractivity contribution in [1.29, 1.82) is 0 Å². The number of hydrogen-bond donors (Lipinski definition) is 1. The lowest BCUT2D eigenvalue weighted by Crippen LogP contribution is -2.21. The molecular weight excluding hydrogens is 428 g/mol. The van der Waals surface area contributed by atoms with Gasteiger partial charge in [-0.2, -0.15) is 0 Å². The van der Waals surface area contributed by atoms with Crippen molar-refractivity contribution in [2.24, 2.45) is 0 Å². The van der Waals surface area contributed by atoms with Crippen LogP contribution in [0.2, 0.25) is 5.02 Å². The minimum atomic E-state index is -0.717. The summed E-state index contributed by atoms with van der Waals surface area (Å²) < 4.78 is 16.2. The number of ether oxygens (including phenoxy) is 3. The Kier molecular flexibility index (Phi) is 9.08. The maximum absolute atomic E-state index is 12.3. The molecule has 10 heteroatoms. The summed E-state index contributed by atoms with van der Waals surface area (Å²) in [6.07, 6.45) is 1.88. The van der Waals surface area contributed by atoms with Gasteiger partial charge in [0, 0.05) is 12.1 Å². The van der Waals surface area contributed by atoms with Crippen LogP contribution in [0.4, 0.5) is 11.4 Å². The second-order valence-electron chi connectivity index (χ2n) is 6.34. The van der Waals surface area contributed by atoms with Crippen molar-refractivity contribution in [2.75, 3.05) is 25.1 Å². The highest BCUT2D eigenvalue weighted by Gasteiger charge is 2.16. The van der Waals surface area contributed by atoms with Crippen LogP contribution in [0.15, 0.2) is 36.4 Å². The number of esters is 1. The molecule has 0 bridgehead atoms. The van der Waals surface area contributed by atoms with Crippen LogP contribution < -0.4 is 14.8 Å². The largest absolute Gasteiger partial charge is 0.490 e. The first-order valence-corrected chi connectivity index (χ1v) is 10.0. The highest BCUT2D eigenvalue weighted by molar-refractivity contribution is 6.34. The summed E-state index contributed by atoms with van der Waals surface area (Å²) in [6.45, 7) is 4.23. The van der Waals surface area contributed by atoms with Crippen molar-refractivity contribution in [2.45, 2.75) is 26.7 Å². The molecule has 0 aromatic heterocycles. The van der Waals surface area contributed by atoms with E-state index in [9.17, 15) is 19.7 Å². The molecular formula is C21H23ClN2O7. The van der Waals surface area contributed by atoms with E-state index >= 15 is 0 Å². The molecule has 0 radical (unpaired) electrons. The normalized spacial score (nSPS) is 10.3. The fourth-order valence-electron chi connectivity index (χ4n) is 2.47. The highest BCUT2D eigenvalue weighted by atomic mass is 35.5. The van der Waals surface area contributed by atoms with Crippen LogP contribution in [0, 0.1) is 10.1 Å². The Morgan fingerprint density at radius 3 is 2.52 bits per heavy atom. The minimum Gasteiger partial charge on any atom is -0.490 e. The average Bonchev–Trinajstić information content (AvgIpc) is 2.74. The predicted molar refractivity (Wildman–Crippen MR) is 115 cm³/mol. The number of nitrogens with zero attached hydrogens (tertiary/aromatic N) is 1. The number of halogens is 1.